The number of hydrogen-bond acceptors (Lipinski definition) is 5. The minimum atomic E-state index is -0.0340. The summed E-state index contributed by atoms with van der Waals surface area (Å²) in [6, 6.07) is 9.10. The number of allylic oxidation sites excluding steroid dienone is 1. The lowest BCUT2D eigenvalue weighted by Gasteiger charge is -1.94. The minimum absolute atomic E-state index is 0.0340. The van der Waals surface area contributed by atoms with Crippen LogP contribution in [0.3, 0.4) is 0 Å². The first-order valence-corrected chi connectivity index (χ1v) is 5.80. The molecule has 0 amide bonds. The van der Waals surface area contributed by atoms with Crippen LogP contribution in [0.2, 0.25) is 0 Å². The molecule has 1 aromatic carbocycles. The molecule has 0 saturated heterocycles. The Morgan fingerprint density at radius 1 is 1.35 bits per heavy atom. The maximum Gasteiger partial charge on any atom is 0.213 e. The number of hydrogen-bond donors (Lipinski definition) is 0. The van der Waals surface area contributed by atoms with E-state index in [0.29, 0.717) is 10.7 Å². The van der Waals surface area contributed by atoms with Gasteiger partial charge in [0.05, 0.1) is 0 Å². The summed E-state index contributed by atoms with van der Waals surface area (Å²) in [5.74, 6) is -0.0340. The number of nitrogens with zero attached hydrogens (tertiary/aromatic N) is 4. The Hall–Kier alpha value is -1.95. The van der Waals surface area contributed by atoms with E-state index >= 15 is 0 Å². The molecule has 17 heavy (non-hydrogen) atoms. The van der Waals surface area contributed by atoms with Crippen molar-refractivity contribution in [1.29, 1.82) is 0 Å². The van der Waals surface area contributed by atoms with Gasteiger partial charge in [-0.1, -0.05) is 42.1 Å². The maximum absolute atomic E-state index is 11.7. The van der Waals surface area contributed by atoms with Crippen LogP contribution in [0, 0.1) is 0 Å². The Bertz CT molecular complexity index is 535. The molecule has 6 heteroatoms. The van der Waals surface area contributed by atoms with Gasteiger partial charge >= 0.3 is 0 Å². The van der Waals surface area contributed by atoms with Crippen LogP contribution in [0.25, 0.3) is 0 Å². The lowest BCUT2D eigenvalue weighted by Crippen LogP contribution is -1.93. The summed E-state index contributed by atoms with van der Waals surface area (Å²) < 4.78 is 1.54. The molecule has 0 unspecified atom stereocenters. The lowest BCUT2D eigenvalue weighted by molar-refractivity contribution is 0.104. The molecule has 0 N–H and O–H groups in total. The largest absolute Gasteiger partial charge is 0.289 e. The van der Waals surface area contributed by atoms with Crippen LogP contribution in [-0.4, -0.2) is 26.0 Å². The molecule has 0 saturated carbocycles. The first-order chi connectivity index (χ1) is 8.27. The Kier molecular flexibility index (Phi) is 3.66. The Morgan fingerprint density at radius 3 is 2.76 bits per heavy atom. The molecule has 0 fully saturated rings. The first kappa shape index (κ1) is 11.5. The van der Waals surface area contributed by atoms with Crippen molar-refractivity contribution in [3.8, 4) is 0 Å². The van der Waals surface area contributed by atoms with Gasteiger partial charge in [0, 0.05) is 12.6 Å². The van der Waals surface area contributed by atoms with Crippen molar-refractivity contribution in [3.63, 3.8) is 0 Å². The third-order valence-electron chi connectivity index (χ3n) is 2.03. The van der Waals surface area contributed by atoms with E-state index in [9.17, 15) is 4.79 Å². The Morgan fingerprint density at radius 2 is 2.12 bits per heavy atom. The van der Waals surface area contributed by atoms with Crippen molar-refractivity contribution in [2.24, 2.45) is 7.05 Å². The standard InChI is InChI=1S/C11H10N4OS/c1-15-11(12-13-14-15)17-8-7-10(16)9-5-3-2-4-6-9/h2-8H,1H3. The van der Waals surface area contributed by atoms with Crippen molar-refractivity contribution < 1.29 is 4.79 Å². The van der Waals surface area contributed by atoms with Crippen molar-refractivity contribution >= 4 is 17.5 Å². The SMILES string of the molecule is Cn1nnnc1SC=CC(=O)c1ccccc1. The second-order valence-corrected chi connectivity index (χ2v) is 4.11. The number of carbonyl (C=O) groups is 1. The second kappa shape index (κ2) is 5.40. The van der Waals surface area contributed by atoms with E-state index in [1.165, 1.54) is 17.8 Å². The first-order valence-electron chi connectivity index (χ1n) is 4.92. The average molecular weight is 246 g/mol. The van der Waals surface area contributed by atoms with Gasteiger partial charge in [-0.05, 0) is 21.9 Å². The van der Waals surface area contributed by atoms with Crippen LogP contribution in [0.1, 0.15) is 10.4 Å². The third-order valence-corrected chi connectivity index (χ3v) is 2.86. The second-order valence-electron chi connectivity index (χ2n) is 3.24. The summed E-state index contributed by atoms with van der Waals surface area (Å²) in [7, 11) is 1.75. The average Bonchev–Trinajstić information content (AvgIpc) is 2.76. The van der Waals surface area contributed by atoms with Crippen molar-refractivity contribution in [2.75, 3.05) is 0 Å². The highest BCUT2D eigenvalue weighted by atomic mass is 32.2. The quantitative estimate of drug-likeness (QED) is 0.467. The van der Waals surface area contributed by atoms with Crippen LogP contribution in [-0.2, 0) is 7.05 Å². The third kappa shape index (κ3) is 3.01. The van der Waals surface area contributed by atoms with Gasteiger partial charge in [-0.25, -0.2) is 4.68 Å². The molecule has 0 spiro atoms. The number of carbonyl (C=O) groups excluding carboxylic acids is 1. The number of aryl methyl sites for hydroxylation is 1. The molecule has 86 valence electrons. The zero-order valence-corrected chi connectivity index (χ0v) is 9.96. The monoisotopic (exact) mass is 246 g/mol. The molecular formula is C11H10N4OS. The maximum atomic E-state index is 11.7. The highest BCUT2D eigenvalue weighted by Gasteiger charge is 2.02. The topological polar surface area (TPSA) is 60.7 Å². The van der Waals surface area contributed by atoms with Gasteiger partial charge in [0.15, 0.2) is 5.78 Å². The Labute approximate surface area is 103 Å². The van der Waals surface area contributed by atoms with E-state index in [0.717, 1.165) is 0 Å². The fourth-order valence-corrected chi connectivity index (χ4v) is 1.76. The summed E-state index contributed by atoms with van der Waals surface area (Å²) in [4.78, 5) is 11.7. The fourth-order valence-electron chi connectivity index (χ4n) is 1.18. The van der Waals surface area contributed by atoms with Gasteiger partial charge in [0.2, 0.25) is 5.16 Å². The summed E-state index contributed by atoms with van der Waals surface area (Å²) in [6.07, 6.45) is 1.51. The molecule has 5 nitrogen and oxygen atoms in total. The number of tetrazole rings is 1. The molecule has 0 bridgehead atoms. The highest BCUT2D eigenvalue weighted by molar-refractivity contribution is 8.02. The van der Waals surface area contributed by atoms with E-state index in [-0.39, 0.29) is 5.78 Å². The lowest BCUT2D eigenvalue weighted by atomic mass is 10.1. The highest BCUT2D eigenvalue weighted by Crippen LogP contribution is 2.14. The number of ketones is 1. The van der Waals surface area contributed by atoms with Gasteiger partial charge < -0.3 is 0 Å². The van der Waals surface area contributed by atoms with Crippen LogP contribution < -0.4 is 0 Å². The molecular weight excluding hydrogens is 236 g/mol. The number of rotatable bonds is 4. The van der Waals surface area contributed by atoms with Gasteiger partial charge in [0.25, 0.3) is 0 Å². The number of benzene rings is 1. The van der Waals surface area contributed by atoms with Crippen LogP contribution in [0.4, 0.5) is 0 Å². The van der Waals surface area contributed by atoms with Crippen LogP contribution in [0.5, 0.6) is 0 Å². The zero-order valence-electron chi connectivity index (χ0n) is 9.15. The molecule has 2 aromatic rings. The van der Waals surface area contributed by atoms with Gasteiger partial charge in [0.1, 0.15) is 0 Å². The van der Waals surface area contributed by atoms with Crippen LogP contribution in [0.15, 0.2) is 47.0 Å². The van der Waals surface area contributed by atoms with E-state index in [1.807, 2.05) is 18.2 Å². The van der Waals surface area contributed by atoms with E-state index < -0.39 is 0 Å². The summed E-state index contributed by atoms with van der Waals surface area (Å²) in [6.45, 7) is 0. The normalized spacial score (nSPS) is 10.9. The number of thioether (sulfide) groups is 1. The summed E-state index contributed by atoms with van der Waals surface area (Å²) in [5.41, 5.74) is 0.667. The molecule has 0 aliphatic rings. The van der Waals surface area contributed by atoms with Crippen molar-refractivity contribution in [2.45, 2.75) is 5.16 Å². The van der Waals surface area contributed by atoms with Crippen molar-refractivity contribution in [1.82, 2.24) is 20.2 Å². The summed E-state index contributed by atoms with van der Waals surface area (Å²) in [5, 5.41) is 13.3. The molecule has 1 aromatic heterocycles. The van der Waals surface area contributed by atoms with E-state index in [4.69, 9.17) is 0 Å². The minimum Gasteiger partial charge on any atom is -0.289 e. The molecule has 1 heterocycles. The molecule has 0 aliphatic carbocycles. The van der Waals surface area contributed by atoms with E-state index in [1.54, 1.807) is 29.3 Å². The zero-order chi connectivity index (χ0) is 12.1. The predicted molar refractivity (Wildman–Crippen MR) is 64.6 cm³/mol. The smallest absolute Gasteiger partial charge is 0.213 e. The van der Waals surface area contributed by atoms with Crippen LogP contribution >= 0.6 is 11.8 Å². The molecule has 0 atom stereocenters. The predicted octanol–water partition coefficient (Wildman–Crippen LogP) is 1.70. The summed E-state index contributed by atoms with van der Waals surface area (Å²) >= 11 is 1.30. The molecule has 0 radical (unpaired) electrons. The van der Waals surface area contributed by atoms with Gasteiger partial charge in [-0.2, -0.15) is 0 Å². The molecule has 0 aliphatic heterocycles. The fraction of sp³-hybridized carbons (Fsp3) is 0.0909. The van der Waals surface area contributed by atoms with Crippen molar-refractivity contribution in [3.05, 3.63) is 47.4 Å². The van der Waals surface area contributed by atoms with E-state index in [2.05, 4.69) is 15.5 Å². The Balaban J connectivity index is 1.98. The number of aromatic nitrogens is 4. The molecule has 2 rings (SSSR count). The van der Waals surface area contributed by atoms with Gasteiger partial charge in [-0.15, -0.1) is 5.10 Å². The van der Waals surface area contributed by atoms with Gasteiger partial charge in [-0.3, -0.25) is 4.79 Å².